The summed E-state index contributed by atoms with van der Waals surface area (Å²) >= 11 is 0. The maximum atomic E-state index is 12.7. The van der Waals surface area contributed by atoms with E-state index < -0.39 is 12.2 Å². The number of hydrogen-bond acceptors (Lipinski definition) is 3. The van der Waals surface area contributed by atoms with Crippen LogP contribution in [0.25, 0.3) is 0 Å². The molecule has 1 rings (SSSR count). The fourth-order valence-electron chi connectivity index (χ4n) is 1.31. The summed E-state index contributed by atoms with van der Waals surface area (Å²) in [4.78, 5) is 11.0. The molecule has 1 aliphatic rings. The van der Waals surface area contributed by atoms with Crippen molar-refractivity contribution in [2.24, 2.45) is 5.73 Å². The number of hydrogen-bond donors (Lipinski definition) is 3. The highest BCUT2D eigenvalue weighted by molar-refractivity contribution is 5.80. The number of rotatable bonds is 3. The molecule has 0 aromatic heterocycles. The standard InChI is InChI=1S/C8H16FN3O/c1-5(10)8(13)12-4-7-2-6(9)3-11-7/h5-7,11H,2-4,10H2,1H3,(H,12,13)/t5-,6-,7-/m0/s1. The third-order valence-electron chi connectivity index (χ3n) is 2.10. The van der Waals surface area contributed by atoms with E-state index in [1.807, 2.05) is 0 Å². The van der Waals surface area contributed by atoms with Crippen molar-refractivity contribution >= 4 is 5.91 Å². The van der Waals surface area contributed by atoms with Crippen molar-refractivity contribution in [3.05, 3.63) is 0 Å². The molecule has 1 fully saturated rings. The first-order valence-electron chi connectivity index (χ1n) is 4.50. The zero-order valence-corrected chi connectivity index (χ0v) is 7.72. The molecule has 0 aromatic rings. The molecule has 0 aliphatic carbocycles. The second-order valence-electron chi connectivity index (χ2n) is 3.47. The van der Waals surface area contributed by atoms with Gasteiger partial charge in [-0.1, -0.05) is 0 Å². The second kappa shape index (κ2) is 4.53. The lowest BCUT2D eigenvalue weighted by molar-refractivity contribution is -0.122. The molecule has 1 saturated heterocycles. The van der Waals surface area contributed by atoms with Gasteiger partial charge in [0.05, 0.1) is 6.04 Å². The summed E-state index contributed by atoms with van der Waals surface area (Å²) in [6.07, 6.45) is -0.309. The van der Waals surface area contributed by atoms with Gasteiger partial charge >= 0.3 is 0 Å². The van der Waals surface area contributed by atoms with Gasteiger partial charge in [0.25, 0.3) is 0 Å². The normalized spacial score (nSPS) is 30.1. The zero-order valence-electron chi connectivity index (χ0n) is 7.72. The van der Waals surface area contributed by atoms with Gasteiger partial charge in [-0.2, -0.15) is 0 Å². The molecule has 1 heterocycles. The van der Waals surface area contributed by atoms with Gasteiger partial charge in [-0.25, -0.2) is 4.39 Å². The summed E-state index contributed by atoms with van der Waals surface area (Å²) in [5.41, 5.74) is 5.34. The molecule has 0 spiro atoms. The van der Waals surface area contributed by atoms with E-state index in [9.17, 15) is 9.18 Å². The maximum Gasteiger partial charge on any atom is 0.236 e. The molecule has 4 N–H and O–H groups in total. The first-order chi connectivity index (χ1) is 6.09. The van der Waals surface area contributed by atoms with Gasteiger partial charge in [0.1, 0.15) is 6.17 Å². The largest absolute Gasteiger partial charge is 0.353 e. The van der Waals surface area contributed by atoms with Gasteiger partial charge in [-0.3, -0.25) is 4.79 Å². The van der Waals surface area contributed by atoms with Crippen LogP contribution in [0.5, 0.6) is 0 Å². The molecular weight excluding hydrogens is 173 g/mol. The van der Waals surface area contributed by atoms with E-state index >= 15 is 0 Å². The number of nitrogens with two attached hydrogens (primary N) is 1. The molecule has 76 valence electrons. The number of nitrogens with one attached hydrogen (secondary N) is 2. The van der Waals surface area contributed by atoms with Gasteiger partial charge in [-0.05, 0) is 13.3 Å². The molecule has 1 aliphatic heterocycles. The average molecular weight is 189 g/mol. The molecule has 5 heteroatoms. The second-order valence-corrected chi connectivity index (χ2v) is 3.47. The molecule has 0 aromatic carbocycles. The minimum atomic E-state index is -0.780. The maximum absolute atomic E-state index is 12.7. The van der Waals surface area contributed by atoms with Crippen LogP contribution >= 0.6 is 0 Å². The van der Waals surface area contributed by atoms with Crippen LogP contribution in [-0.2, 0) is 4.79 Å². The minimum Gasteiger partial charge on any atom is -0.353 e. The van der Waals surface area contributed by atoms with Gasteiger partial charge in [0, 0.05) is 19.1 Å². The van der Waals surface area contributed by atoms with Crippen LogP contribution in [0.2, 0.25) is 0 Å². The smallest absolute Gasteiger partial charge is 0.236 e. The zero-order chi connectivity index (χ0) is 9.84. The predicted molar refractivity (Wildman–Crippen MR) is 48.0 cm³/mol. The van der Waals surface area contributed by atoms with Gasteiger partial charge < -0.3 is 16.4 Å². The number of alkyl halides is 1. The Kier molecular flexibility index (Phi) is 3.62. The molecule has 0 saturated carbocycles. The van der Waals surface area contributed by atoms with E-state index in [2.05, 4.69) is 10.6 Å². The third-order valence-corrected chi connectivity index (χ3v) is 2.10. The molecule has 3 atom stereocenters. The number of carbonyl (C=O) groups is 1. The summed E-state index contributed by atoms with van der Waals surface area (Å²) in [6.45, 7) is 2.47. The predicted octanol–water partition coefficient (Wildman–Crippen LogP) is -0.850. The number of amides is 1. The Labute approximate surface area is 77.1 Å². The minimum absolute atomic E-state index is 0.0534. The number of halogens is 1. The Morgan fingerprint density at radius 2 is 2.54 bits per heavy atom. The highest BCUT2D eigenvalue weighted by Gasteiger charge is 2.23. The summed E-state index contributed by atoms with van der Waals surface area (Å²) in [7, 11) is 0. The van der Waals surface area contributed by atoms with Crippen LogP contribution in [0.4, 0.5) is 4.39 Å². The lowest BCUT2D eigenvalue weighted by atomic mass is 10.2. The Bertz CT molecular complexity index is 186. The van der Waals surface area contributed by atoms with Crippen LogP contribution < -0.4 is 16.4 Å². The Morgan fingerprint density at radius 3 is 3.00 bits per heavy atom. The van der Waals surface area contributed by atoms with Crippen LogP contribution in [-0.4, -0.2) is 37.3 Å². The lowest BCUT2D eigenvalue weighted by Gasteiger charge is -2.12. The van der Waals surface area contributed by atoms with Crippen LogP contribution in [0.3, 0.4) is 0 Å². The van der Waals surface area contributed by atoms with E-state index in [4.69, 9.17) is 5.73 Å². The molecule has 0 radical (unpaired) electrons. The van der Waals surface area contributed by atoms with Crippen molar-refractivity contribution in [3.63, 3.8) is 0 Å². The fraction of sp³-hybridized carbons (Fsp3) is 0.875. The summed E-state index contributed by atoms with van der Waals surface area (Å²) < 4.78 is 12.7. The van der Waals surface area contributed by atoms with Crippen LogP contribution in [0.15, 0.2) is 0 Å². The van der Waals surface area contributed by atoms with Crippen molar-refractivity contribution in [1.82, 2.24) is 10.6 Å². The Morgan fingerprint density at radius 1 is 1.85 bits per heavy atom. The fourth-order valence-corrected chi connectivity index (χ4v) is 1.31. The summed E-state index contributed by atoms with van der Waals surface area (Å²) in [6, 6.07) is -0.444. The van der Waals surface area contributed by atoms with Gasteiger partial charge in [0.15, 0.2) is 0 Å². The molecule has 13 heavy (non-hydrogen) atoms. The SMILES string of the molecule is C[C@H](N)C(=O)NC[C@@H]1C[C@H](F)CN1. The van der Waals surface area contributed by atoms with Crippen LogP contribution in [0, 0.1) is 0 Å². The van der Waals surface area contributed by atoms with E-state index in [0.29, 0.717) is 19.5 Å². The third kappa shape index (κ3) is 3.28. The molecule has 0 unspecified atom stereocenters. The Hall–Kier alpha value is -0.680. The quantitative estimate of drug-likeness (QED) is 0.542. The molecule has 0 bridgehead atoms. The summed E-state index contributed by atoms with van der Waals surface area (Å²) in [5.74, 6) is -0.191. The average Bonchev–Trinajstić information content (AvgIpc) is 2.47. The Balaban J connectivity index is 2.16. The van der Waals surface area contributed by atoms with E-state index in [0.717, 1.165) is 0 Å². The number of carbonyl (C=O) groups excluding carboxylic acids is 1. The first-order valence-corrected chi connectivity index (χ1v) is 4.50. The topological polar surface area (TPSA) is 67.2 Å². The first kappa shape index (κ1) is 10.4. The van der Waals surface area contributed by atoms with Crippen molar-refractivity contribution in [2.75, 3.05) is 13.1 Å². The van der Waals surface area contributed by atoms with Crippen molar-refractivity contribution in [1.29, 1.82) is 0 Å². The summed E-state index contributed by atoms with van der Waals surface area (Å²) in [5, 5.41) is 5.62. The monoisotopic (exact) mass is 189 g/mol. The lowest BCUT2D eigenvalue weighted by Crippen LogP contribution is -2.43. The van der Waals surface area contributed by atoms with Crippen LogP contribution in [0.1, 0.15) is 13.3 Å². The van der Waals surface area contributed by atoms with E-state index in [1.165, 1.54) is 0 Å². The molecular formula is C8H16FN3O. The van der Waals surface area contributed by atoms with Crippen molar-refractivity contribution in [2.45, 2.75) is 31.6 Å². The highest BCUT2D eigenvalue weighted by atomic mass is 19.1. The van der Waals surface area contributed by atoms with E-state index in [-0.39, 0.29) is 11.9 Å². The molecule has 1 amide bonds. The van der Waals surface area contributed by atoms with E-state index in [1.54, 1.807) is 6.92 Å². The highest BCUT2D eigenvalue weighted by Crippen LogP contribution is 2.08. The molecule has 4 nitrogen and oxygen atoms in total. The van der Waals surface area contributed by atoms with Gasteiger partial charge in [0.2, 0.25) is 5.91 Å². The van der Waals surface area contributed by atoms with Gasteiger partial charge in [-0.15, -0.1) is 0 Å². The van der Waals surface area contributed by atoms with Crippen molar-refractivity contribution in [3.8, 4) is 0 Å². The van der Waals surface area contributed by atoms with Crippen molar-refractivity contribution < 1.29 is 9.18 Å².